The van der Waals surface area contributed by atoms with E-state index in [0.717, 1.165) is 31.3 Å². The number of nitrogens with zero attached hydrogens (tertiary/aromatic N) is 1. The number of ether oxygens (including phenoxy) is 1. The van der Waals surface area contributed by atoms with Gasteiger partial charge in [-0.25, -0.2) is 0 Å². The van der Waals surface area contributed by atoms with Crippen LogP contribution in [-0.2, 0) is 6.54 Å². The van der Waals surface area contributed by atoms with Crippen molar-refractivity contribution in [2.75, 3.05) is 27.2 Å². The fourth-order valence-electron chi connectivity index (χ4n) is 2.92. The van der Waals surface area contributed by atoms with Crippen molar-refractivity contribution in [2.24, 2.45) is 5.92 Å². The largest absolute Gasteiger partial charge is 0.496 e. The molecule has 0 spiro atoms. The topological polar surface area (TPSA) is 24.5 Å². The summed E-state index contributed by atoms with van der Waals surface area (Å²) in [5, 5.41) is 3.62. The Kier molecular flexibility index (Phi) is 5.23. The van der Waals surface area contributed by atoms with Crippen molar-refractivity contribution in [1.29, 1.82) is 0 Å². The molecule has 2 unspecified atom stereocenters. The Bertz CT molecular complexity index is 394. The minimum atomic E-state index is 0.628. The molecule has 0 aromatic heterocycles. The third-order valence-corrected chi connectivity index (χ3v) is 3.92. The van der Waals surface area contributed by atoms with Gasteiger partial charge in [-0.3, -0.25) is 0 Å². The van der Waals surface area contributed by atoms with Crippen LogP contribution in [0.15, 0.2) is 24.3 Å². The predicted molar refractivity (Wildman–Crippen MR) is 79.5 cm³/mol. The average molecular weight is 262 g/mol. The summed E-state index contributed by atoms with van der Waals surface area (Å²) in [6.07, 6.45) is 2.60. The van der Waals surface area contributed by atoms with Crippen LogP contribution in [0.2, 0.25) is 0 Å². The van der Waals surface area contributed by atoms with E-state index in [1.54, 1.807) is 7.11 Å². The van der Waals surface area contributed by atoms with Crippen molar-refractivity contribution in [2.45, 2.75) is 32.4 Å². The highest BCUT2D eigenvalue weighted by atomic mass is 16.5. The van der Waals surface area contributed by atoms with Crippen LogP contribution < -0.4 is 10.1 Å². The molecule has 1 aromatic rings. The van der Waals surface area contributed by atoms with Crippen LogP contribution >= 0.6 is 0 Å². The van der Waals surface area contributed by atoms with Crippen LogP contribution in [0, 0.1) is 5.92 Å². The minimum Gasteiger partial charge on any atom is -0.496 e. The van der Waals surface area contributed by atoms with Gasteiger partial charge in [-0.05, 0) is 38.4 Å². The minimum absolute atomic E-state index is 0.628. The average Bonchev–Trinajstić information content (AvgIpc) is 2.39. The zero-order valence-corrected chi connectivity index (χ0v) is 12.4. The molecule has 1 N–H and O–H groups in total. The summed E-state index contributed by atoms with van der Waals surface area (Å²) in [7, 11) is 3.93. The predicted octanol–water partition coefficient (Wildman–Crippen LogP) is 2.52. The quantitative estimate of drug-likeness (QED) is 0.882. The zero-order chi connectivity index (χ0) is 13.7. The Morgan fingerprint density at radius 1 is 1.37 bits per heavy atom. The van der Waals surface area contributed by atoms with E-state index in [2.05, 4.69) is 36.3 Å². The lowest BCUT2D eigenvalue weighted by molar-refractivity contribution is 0.228. The van der Waals surface area contributed by atoms with Crippen molar-refractivity contribution in [3.05, 3.63) is 29.8 Å². The van der Waals surface area contributed by atoms with E-state index < -0.39 is 0 Å². The normalized spacial score (nSPS) is 23.6. The highest BCUT2D eigenvalue weighted by Gasteiger charge is 2.19. The first-order chi connectivity index (χ1) is 9.19. The first-order valence-electron chi connectivity index (χ1n) is 7.23. The number of piperidine rings is 1. The lowest BCUT2D eigenvalue weighted by atomic mass is 9.94. The number of likely N-dealkylation sites (N-methyl/N-ethyl adjacent to an activating group) is 1. The van der Waals surface area contributed by atoms with Crippen LogP contribution in [0.5, 0.6) is 5.75 Å². The van der Waals surface area contributed by atoms with Crippen LogP contribution in [0.4, 0.5) is 0 Å². The lowest BCUT2D eigenvalue weighted by Gasteiger charge is -2.31. The van der Waals surface area contributed by atoms with Crippen molar-refractivity contribution in [1.82, 2.24) is 10.2 Å². The van der Waals surface area contributed by atoms with Gasteiger partial charge in [-0.15, -0.1) is 0 Å². The van der Waals surface area contributed by atoms with E-state index in [-0.39, 0.29) is 0 Å². The fourth-order valence-corrected chi connectivity index (χ4v) is 2.92. The second-order valence-corrected chi connectivity index (χ2v) is 5.79. The maximum Gasteiger partial charge on any atom is 0.123 e. The molecular formula is C16H26N2O. The van der Waals surface area contributed by atoms with Gasteiger partial charge in [0.05, 0.1) is 7.11 Å². The van der Waals surface area contributed by atoms with E-state index >= 15 is 0 Å². The Labute approximate surface area is 116 Å². The first kappa shape index (κ1) is 14.4. The third-order valence-electron chi connectivity index (χ3n) is 3.92. The molecule has 1 heterocycles. The summed E-state index contributed by atoms with van der Waals surface area (Å²) in [5.41, 5.74) is 1.26. The molecule has 2 atom stereocenters. The highest BCUT2D eigenvalue weighted by Crippen LogP contribution is 2.20. The maximum atomic E-state index is 5.41. The van der Waals surface area contributed by atoms with Gasteiger partial charge in [0.2, 0.25) is 0 Å². The molecule has 3 heteroatoms. The Balaban J connectivity index is 1.88. The molecule has 1 aliphatic heterocycles. The molecule has 1 fully saturated rings. The van der Waals surface area contributed by atoms with E-state index in [9.17, 15) is 0 Å². The summed E-state index contributed by atoms with van der Waals surface area (Å²) >= 11 is 0. The number of hydrogen-bond donors (Lipinski definition) is 1. The highest BCUT2D eigenvalue weighted by molar-refractivity contribution is 5.33. The molecule has 1 saturated heterocycles. The Hall–Kier alpha value is -1.06. The summed E-state index contributed by atoms with van der Waals surface area (Å²) in [6.45, 7) is 5.56. The van der Waals surface area contributed by atoms with Crippen molar-refractivity contribution in [3.8, 4) is 5.75 Å². The van der Waals surface area contributed by atoms with Gasteiger partial charge in [0.15, 0.2) is 0 Å². The number of benzene rings is 1. The van der Waals surface area contributed by atoms with E-state index in [0.29, 0.717) is 6.04 Å². The number of hydrogen-bond acceptors (Lipinski definition) is 3. The molecular weight excluding hydrogens is 236 g/mol. The van der Waals surface area contributed by atoms with Crippen LogP contribution in [0.25, 0.3) is 0 Å². The third kappa shape index (κ3) is 4.22. The van der Waals surface area contributed by atoms with Crippen molar-refractivity contribution >= 4 is 0 Å². The first-order valence-corrected chi connectivity index (χ1v) is 7.23. The SMILES string of the molecule is COc1ccccc1CN(C)CC1CC(C)CCN1. The number of rotatable bonds is 5. The molecule has 3 nitrogen and oxygen atoms in total. The van der Waals surface area contributed by atoms with E-state index in [1.807, 2.05) is 12.1 Å². The van der Waals surface area contributed by atoms with Crippen LogP contribution in [0.3, 0.4) is 0 Å². The van der Waals surface area contributed by atoms with Gasteiger partial charge < -0.3 is 15.0 Å². The van der Waals surface area contributed by atoms with E-state index in [1.165, 1.54) is 18.4 Å². The summed E-state index contributed by atoms with van der Waals surface area (Å²) in [5.74, 6) is 1.84. The second-order valence-electron chi connectivity index (χ2n) is 5.79. The Morgan fingerprint density at radius 3 is 2.89 bits per heavy atom. The van der Waals surface area contributed by atoms with Crippen molar-refractivity contribution < 1.29 is 4.74 Å². The zero-order valence-electron chi connectivity index (χ0n) is 12.4. The molecule has 2 rings (SSSR count). The van der Waals surface area contributed by atoms with Gasteiger partial charge >= 0.3 is 0 Å². The standard InChI is InChI=1S/C16H26N2O/c1-13-8-9-17-15(10-13)12-18(2)11-14-6-4-5-7-16(14)19-3/h4-7,13,15,17H,8-12H2,1-3H3. The molecule has 106 valence electrons. The molecule has 0 amide bonds. The molecule has 0 radical (unpaired) electrons. The second kappa shape index (κ2) is 6.92. The molecule has 1 aromatic carbocycles. The molecule has 1 aliphatic rings. The maximum absolute atomic E-state index is 5.41. The monoisotopic (exact) mass is 262 g/mol. The van der Waals surface area contributed by atoms with E-state index in [4.69, 9.17) is 4.74 Å². The summed E-state index contributed by atoms with van der Waals surface area (Å²) in [4.78, 5) is 2.38. The number of para-hydroxylation sites is 1. The number of methoxy groups -OCH3 is 1. The van der Waals surface area contributed by atoms with Crippen molar-refractivity contribution in [3.63, 3.8) is 0 Å². The molecule has 0 aliphatic carbocycles. The van der Waals surface area contributed by atoms with Gasteiger partial charge in [0.25, 0.3) is 0 Å². The lowest BCUT2D eigenvalue weighted by Crippen LogP contribution is -2.44. The smallest absolute Gasteiger partial charge is 0.123 e. The Morgan fingerprint density at radius 2 is 2.16 bits per heavy atom. The number of nitrogens with one attached hydrogen (secondary N) is 1. The van der Waals surface area contributed by atoms with Gasteiger partial charge in [-0.2, -0.15) is 0 Å². The molecule has 19 heavy (non-hydrogen) atoms. The fraction of sp³-hybridized carbons (Fsp3) is 0.625. The van der Waals surface area contributed by atoms with Crippen LogP contribution in [0.1, 0.15) is 25.3 Å². The summed E-state index contributed by atoms with van der Waals surface area (Å²) < 4.78 is 5.41. The molecule has 0 bridgehead atoms. The molecule has 0 saturated carbocycles. The summed E-state index contributed by atoms with van der Waals surface area (Å²) in [6, 6.07) is 8.90. The van der Waals surface area contributed by atoms with Gasteiger partial charge in [0, 0.05) is 24.7 Å². The van der Waals surface area contributed by atoms with Crippen LogP contribution in [-0.4, -0.2) is 38.2 Å². The van der Waals surface area contributed by atoms with Gasteiger partial charge in [0.1, 0.15) is 5.75 Å². The van der Waals surface area contributed by atoms with Gasteiger partial charge in [-0.1, -0.05) is 25.1 Å².